The van der Waals surface area contributed by atoms with E-state index in [0.29, 0.717) is 26.9 Å². The number of halogens is 1. The monoisotopic (exact) mass is 473 g/mol. The van der Waals surface area contributed by atoms with Gasteiger partial charge in [-0.1, -0.05) is 48.0 Å². The summed E-state index contributed by atoms with van der Waals surface area (Å²) in [5.74, 6) is -0.0178. The van der Waals surface area contributed by atoms with Crippen LogP contribution in [0, 0.1) is 22.7 Å². The molecular weight excluding hydrogens is 454 g/mol. The second kappa shape index (κ2) is 10.4. The van der Waals surface area contributed by atoms with Crippen molar-refractivity contribution in [1.29, 1.82) is 10.5 Å². The van der Waals surface area contributed by atoms with Gasteiger partial charge < -0.3 is 10.1 Å². The van der Waals surface area contributed by atoms with Crippen LogP contribution < -0.4 is 10.1 Å². The van der Waals surface area contributed by atoms with Crippen molar-refractivity contribution >= 4 is 39.9 Å². The number of fused-ring (bicyclic) bond motifs is 1. The van der Waals surface area contributed by atoms with E-state index in [4.69, 9.17) is 16.3 Å². The molecule has 5 nitrogen and oxygen atoms in total. The second-order valence-electron chi connectivity index (χ2n) is 7.57. The number of ether oxygens (including phenoxy) is 1. The SMILES string of the molecule is N#C/C(=C\c1ccccc1OCc1ccccc1Cl)C(=O)Nc1sc2c(c1C#N)CCCC2. The highest BCUT2D eigenvalue weighted by atomic mass is 35.5. The fraction of sp³-hybridized carbons (Fsp3) is 0.192. The Bertz CT molecular complexity index is 1310. The summed E-state index contributed by atoms with van der Waals surface area (Å²) in [7, 11) is 0. The van der Waals surface area contributed by atoms with E-state index < -0.39 is 5.91 Å². The van der Waals surface area contributed by atoms with Crippen LogP contribution in [0.15, 0.2) is 54.1 Å². The molecule has 7 heteroatoms. The molecule has 4 rings (SSSR count). The van der Waals surface area contributed by atoms with Crippen molar-refractivity contribution in [3.05, 3.63) is 86.3 Å². The summed E-state index contributed by atoms with van der Waals surface area (Å²) in [6, 6.07) is 18.8. The molecule has 1 heterocycles. The minimum Gasteiger partial charge on any atom is -0.488 e. The van der Waals surface area contributed by atoms with Crippen LogP contribution in [0.4, 0.5) is 5.00 Å². The molecule has 0 spiro atoms. The predicted molar refractivity (Wildman–Crippen MR) is 130 cm³/mol. The Balaban J connectivity index is 1.56. The van der Waals surface area contributed by atoms with Crippen LogP contribution in [-0.4, -0.2) is 5.91 Å². The van der Waals surface area contributed by atoms with Crippen molar-refractivity contribution in [2.24, 2.45) is 0 Å². The number of rotatable bonds is 6. The molecular formula is C26H20ClN3O2S. The molecule has 1 amide bonds. The van der Waals surface area contributed by atoms with E-state index in [1.54, 1.807) is 18.2 Å². The van der Waals surface area contributed by atoms with Crippen molar-refractivity contribution in [3.63, 3.8) is 0 Å². The van der Waals surface area contributed by atoms with E-state index in [1.807, 2.05) is 36.4 Å². The average Bonchev–Trinajstić information content (AvgIpc) is 3.19. The Kier molecular flexibility index (Phi) is 7.10. The van der Waals surface area contributed by atoms with Gasteiger partial charge in [-0.2, -0.15) is 10.5 Å². The molecule has 0 saturated heterocycles. The Hall–Kier alpha value is -3.58. The Morgan fingerprint density at radius 3 is 2.67 bits per heavy atom. The standard InChI is InChI=1S/C26H20ClN3O2S/c27-22-10-4-1-8-18(22)16-32-23-11-5-2-7-17(23)13-19(14-28)25(31)30-26-21(15-29)20-9-3-6-12-24(20)33-26/h1-2,4-5,7-8,10-11,13H,3,6,9,12,16H2,(H,30,31)/b19-13+. The van der Waals surface area contributed by atoms with E-state index in [0.717, 1.165) is 41.7 Å². The van der Waals surface area contributed by atoms with Gasteiger partial charge in [-0.25, -0.2) is 0 Å². The highest BCUT2D eigenvalue weighted by Gasteiger charge is 2.23. The fourth-order valence-electron chi connectivity index (χ4n) is 3.75. The average molecular weight is 474 g/mol. The number of carbonyl (C=O) groups is 1. The number of benzene rings is 2. The quantitative estimate of drug-likeness (QED) is 0.337. The molecule has 3 aromatic rings. The van der Waals surface area contributed by atoms with E-state index in [2.05, 4.69) is 11.4 Å². The smallest absolute Gasteiger partial charge is 0.266 e. The van der Waals surface area contributed by atoms with Gasteiger partial charge in [-0.15, -0.1) is 11.3 Å². The van der Waals surface area contributed by atoms with Crippen LogP contribution >= 0.6 is 22.9 Å². The summed E-state index contributed by atoms with van der Waals surface area (Å²) in [6.07, 6.45) is 5.39. The maximum absolute atomic E-state index is 12.9. The molecule has 1 N–H and O–H groups in total. The summed E-state index contributed by atoms with van der Waals surface area (Å²) in [5.41, 5.74) is 2.91. The number of hydrogen-bond donors (Lipinski definition) is 1. The number of para-hydroxylation sites is 1. The maximum atomic E-state index is 12.9. The lowest BCUT2D eigenvalue weighted by molar-refractivity contribution is -0.112. The number of nitrogens with zero attached hydrogens (tertiary/aromatic N) is 2. The van der Waals surface area contributed by atoms with Crippen molar-refractivity contribution in [1.82, 2.24) is 0 Å². The van der Waals surface area contributed by atoms with Gasteiger partial charge in [-0.3, -0.25) is 4.79 Å². The van der Waals surface area contributed by atoms with Crippen LogP contribution in [0.5, 0.6) is 5.75 Å². The first-order chi connectivity index (χ1) is 16.1. The summed E-state index contributed by atoms with van der Waals surface area (Å²) in [4.78, 5) is 14.0. The lowest BCUT2D eigenvalue weighted by atomic mass is 9.96. The van der Waals surface area contributed by atoms with E-state index in [-0.39, 0.29) is 12.2 Å². The number of nitrogens with one attached hydrogen (secondary N) is 1. The molecule has 2 aromatic carbocycles. The number of nitriles is 2. The van der Waals surface area contributed by atoms with Gasteiger partial charge in [0.05, 0.1) is 5.56 Å². The molecule has 0 fully saturated rings. The number of anilines is 1. The zero-order chi connectivity index (χ0) is 23.2. The molecule has 1 aromatic heterocycles. The van der Waals surface area contributed by atoms with Gasteiger partial charge in [0, 0.05) is 21.0 Å². The summed E-state index contributed by atoms with van der Waals surface area (Å²) in [6.45, 7) is 0.255. The molecule has 33 heavy (non-hydrogen) atoms. The van der Waals surface area contributed by atoms with Crippen molar-refractivity contribution in [2.45, 2.75) is 32.3 Å². The third-order valence-electron chi connectivity index (χ3n) is 5.44. The number of hydrogen-bond acceptors (Lipinski definition) is 5. The van der Waals surface area contributed by atoms with Crippen LogP contribution in [0.1, 0.15) is 40.0 Å². The first-order valence-electron chi connectivity index (χ1n) is 10.5. The van der Waals surface area contributed by atoms with Crippen LogP contribution in [-0.2, 0) is 24.2 Å². The first kappa shape index (κ1) is 22.6. The molecule has 164 valence electrons. The largest absolute Gasteiger partial charge is 0.488 e. The maximum Gasteiger partial charge on any atom is 0.266 e. The minimum atomic E-state index is -0.548. The number of thiophene rings is 1. The Labute approximate surface area is 201 Å². The number of amides is 1. The summed E-state index contributed by atoms with van der Waals surface area (Å²) in [5, 5.41) is 23.2. The third-order valence-corrected chi connectivity index (χ3v) is 7.01. The van der Waals surface area contributed by atoms with Gasteiger partial charge in [0.15, 0.2) is 0 Å². The molecule has 1 aliphatic rings. The molecule has 0 aliphatic heterocycles. The molecule has 0 unspecified atom stereocenters. The topological polar surface area (TPSA) is 85.9 Å². The zero-order valence-corrected chi connectivity index (χ0v) is 19.3. The molecule has 0 saturated carbocycles. The molecule has 0 atom stereocenters. The highest BCUT2D eigenvalue weighted by molar-refractivity contribution is 7.16. The second-order valence-corrected chi connectivity index (χ2v) is 9.08. The molecule has 1 aliphatic carbocycles. The van der Waals surface area contributed by atoms with Crippen molar-refractivity contribution in [2.75, 3.05) is 5.32 Å². The number of carbonyl (C=O) groups excluding carboxylic acids is 1. The van der Waals surface area contributed by atoms with Gasteiger partial charge in [0.2, 0.25) is 0 Å². The zero-order valence-electron chi connectivity index (χ0n) is 17.7. The van der Waals surface area contributed by atoms with Gasteiger partial charge in [0.25, 0.3) is 5.91 Å². The van der Waals surface area contributed by atoms with E-state index in [1.165, 1.54) is 17.4 Å². The number of aryl methyl sites for hydroxylation is 1. The Morgan fingerprint density at radius 2 is 1.88 bits per heavy atom. The van der Waals surface area contributed by atoms with Crippen molar-refractivity contribution < 1.29 is 9.53 Å². The fourth-order valence-corrected chi connectivity index (χ4v) is 5.17. The van der Waals surface area contributed by atoms with Crippen LogP contribution in [0.3, 0.4) is 0 Å². The minimum absolute atomic E-state index is 0.0703. The molecule has 0 bridgehead atoms. The van der Waals surface area contributed by atoms with E-state index >= 15 is 0 Å². The Morgan fingerprint density at radius 1 is 1.12 bits per heavy atom. The van der Waals surface area contributed by atoms with Gasteiger partial charge in [0.1, 0.15) is 35.1 Å². The molecule has 0 radical (unpaired) electrons. The highest BCUT2D eigenvalue weighted by Crippen LogP contribution is 2.37. The van der Waals surface area contributed by atoms with Gasteiger partial charge in [-0.05, 0) is 49.5 Å². The first-order valence-corrected chi connectivity index (χ1v) is 11.7. The predicted octanol–water partition coefficient (Wildman–Crippen LogP) is 6.28. The normalized spacial score (nSPS) is 12.9. The summed E-state index contributed by atoms with van der Waals surface area (Å²) >= 11 is 7.64. The third kappa shape index (κ3) is 5.09. The van der Waals surface area contributed by atoms with Crippen molar-refractivity contribution in [3.8, 4) is 17.9 Å². The lowest BCUT2D eigenvalue weighted by Crippen LogP contribution is -2.13. The van der Waals surface area contributed by atoms with E-state index in [9.17, 15) is 15.3 Å². The van der Waals surface area contributed by atoms with Crippen LogP contribution in [0.2, 0.25) is 5.02 Å². The van der Waals surface area contributed by atoms with Crippen LogP contribution in [0.25, 0.3) is 6.08 Å². The van der Waals surface area contributed by atoms with Gasteiger partial charge >= 0.3 is 0 Å². The lowest BCUT2D eigenvalue weighted by Gasteiger charge is -2.11. The summed E-state index contributed by atoms with van der Waals surface area (Å²) < 4.78 is 5.93.